The van der Waals surface area contributed by atoms with E-state index in [0.29, 0.717) is 6.10 Å². The van der Waals surface area contributed by atoms with Gasteiger partial charge in [-0.15, -0.1) is 24.0 Å². The van der Waals surface area contributed by atoms with Crippen LogP contribution in [0.25, 0.3) is 0 Å². The molecule has 1 saturated carbocycles. The Kier molecular flexibility index (Phi) is 10.00. The Morgan fingerprint density at radius 2 is 1.96 bits per heavy atom. The van der Waals surface area contributed by atoms with Gasteiger partial charge in [-0.25, -0.2) is 0 Å². The topological polar surface area (TPSA) is 46.1 Å². The number of piperidine rings is 1. The smallest absolute Gasteiger partial charge is 0.193 e. The number of likely N-dealkylation sites (tertiary alicyclic amines) is 1. The van der Waals surface area contributed by atoms with E-state index in [-0.39, 0.29) is 29.4 Å². The van der Waals surface area contributed by atoms with Gasteiger partial charge in [0.1, 0.15) is 0 Å². The van der Waals surface area contributed by atoms with Crippen molar-refractivity contribution in [2.45, 2.75) is 43.6 Å². The highest BCUT2D eigenvalue weighted by Gasteiger charge is 2.45. The molecule has 0 unspecified atom stereocenters. The summed E-state index contributed by atoms with van der Waals surface area (Å²) in [6.07, 6.45) is 5.92. The van der Waals surface area contributed by atoms with E-state index in [2.05, 4.69) is 55.4 Å². The van der Waals surface area contributed by atoms with E-state index in [0.717, 1.165) is 58.1 Å². The number of halogens is 2. The number of nitrogens with one attached hydrogen (secondary N) is 1. The first-order valence-corrected chi connectivity index (χ1v) is 10.8. The van der Waals surface area contributed by atoms with Crippen LogP contribution in [0.5, 0.6) is 0 Å². The average molecular weight is 566 g/mol. The fourth-order valence-corrected chi connectivity index (χ4v) is 4.56. The first-order valence-electron chi connectivity index (χ1n) is 10.00. The molecule has 0 atom stereocenters. The van der Waals surface area contributed by atoms with Crippen LogP contribution in [0.2, 0.25) is 0 Å². The van der Waals surface area contributed by atoms with Crippen molar-refractivity contribution >= 4 is 45.9 Å². The quantitative estimate of drug-likeness (QED) is 0.222. The fourth-order valence-electron chi connectivity index (χ4n) is 3.85. The SMILES string of the molecule is CN=C(NCC1(c2ccccc2Br)CC1)N1CCC(OCCCOC)CC1.I. The summed E-state index contributed by atoms with van der Waals surface area (Å²) in [7, 11) is 3.62. The van der Waals surface area contributed by atoms with E-state index in [4.69, 9.17) is 9.47 Å². The summed E-state index contributed by atoms with van der Waals surface area (Å²) in [5.41, 5.74) is 1.66. The number of hydrogen-bond acceptors (Lipinski definition) is 3. The zero-order chi connectivity index (χ0) is 19.1. The van der Waals surface area contributed by atoms with Crippen molar-refractivity contribution in [3.05, 3.63) is 34.3 Å². The third kappa shape index (κ3) is 6.31. The minimum Gasteiger partial charge on any atom is -0.385 e. The average Bonchev–Trinajstić information content (AvgIpc) is 3.48. The molecule has 1 heterocycles. The van der Waals surface area contributed by atoms with Crippen LogP contribution < -0.4 is 5.32 Å². The zero-order valence-corrected chi connectivity index (χ0v) is 20.9. The van der Waals surface area contributed by atoms with Crippen LogP contribution in [-0.4, -0.2) is 64.0 Å². The van der Waals surface area contributed by atoms with Gasteiger partial charge in [0.05, 0.1) is 6.10 Å². The first-order chi connectivity index (χ1) is 13.2. The zero-order valence-electron chi connectivity index (χ0n) is 17.0. The number of methoxy groups -OCH3 is 1. The van der Waals surface area contributed by atoms with Gasteiger partial charge in [-0.05, 0) is 43.7 Å². The number of nitrogens with zero attached hydrogens (tertiary/aromatic N) is 2. The minimum atomic E-state index is 0. The maximum absolute atomic E-state index is 5.97. The fraction of sp³-hybridized carbons (Fsp3) is 0.667. The lowest BCUT2D eigenvalue weighted by molar-refractivity contribution is 0.00989. The minimum absolute atomic E-state index is 0. The number of benzene rings is 1. The molecule has 1 aromatic rings. The molecule has 0 radical (unpaired) electrons. The molecular formula is C21H33BrIN3O2. The molecule has 0 bridgehead atoms. The molecule has 1 saturated heterocycles. The van der Waals surface area contributed by atoms with Crippen LogP contribution in [0.15, 0.2) is 33.7 Å². The van der Waals surface area contributed by atoms with Gasteiger partial charge in [-0.1, -0.05) is 34.1 Å². The van der Waals surface area contributed by atoms with Gasteiger partial charge in [0, 0.05) is 56.9 Å². The third-order valence-corrected chi connectivity index (χ3v) is 6.37. The molecule has 28 heavy (non-hydrogen) atoms. The van der Waals surface area contributed by atoms with Gasteiger partial charge in [0.15, 0.2) is 5.96 Å². The molecule has 1 aliphatic carbocycles. The molecule has 2 fully saturated rings. The van der Waals surface area contributed by atoms with E-state index in [9.17, 15) is 0 Å². The molecule has 1 aliphatic heterocycles. The molecule has 1 N–H and O–H groups in total. The number of aliphatic imine (C=N–C) groups is 1. The second-order valence-electron chi connectivity index (χ2n) is 7.56. The molecule has 7 heteroatoms. The second-order valence-corrected chi connectivity index (χ2v) is 8.42. The van der Waals surface area contributed by atoms with Crippen molar-refractivity contribution in [3.63, 3.8) is 0 Å². The molecule has 1 aromatic carbocycles. The highest BCUT2D eigenvalue weighted by Crippen LogP contribution is 2.49. The maximum atomic E-state index is 5.97. The summed E-state index contributed by atoms with van der Waals surface area (Å²) in [6, 6.07) is 8.60. The Balaban J connectivity index is 0.00000280. The highest BCUT2D eigenvalue weighted by molar-refractivity contribution is 14.0. The van der Waals surface area contributed by atoms with Crippen LogP contribution in [-0.2, 0) is 14.9 Å². The van der Waals surface area contributed by atoms with E-state index >= 15 is 0 Å². The summed E-state index contributed by atoms with van der Waals surface area (Å²) >= 11 is 3.72. The van der Waals surface area contributed by atoms with Crippen LogP contribution >= 0.6 is 39.9 Å². The molecule has 158 valence electrons. The molecular weight excluding hydrogens is 533 g/mol. The summed E-state index contributed by atoms with van der Waals surface area (Å²) in [5.74, 6) is 1.02. The van der Waals surface area contributed by atoms with E-state index < -0.39 is 0 Å². The van der Waals surface area contributed by atoms with Gasteiger partial charge in [-0.3, -0.25) is 4.99 Å². The second kappa shape index (κ2) is 11.7. The van der Waals surface area contributed by atoms with Crippen LogP contribution in [0.3, 0.4) is 0 Å². The van der Waals surface area contributed by atoms with E-state index in [1.165, 1.54) is 22.9 Å². The van der Waals surface area contributed by atoms with Crippen molar-refractivity contribution in [1.82, 2.24) is 10.2 Å². The van der Waals surface area contributed by atoms with Crippen LogP contribution in [0.1, 0.15) is 37.7 Å². The van der Waals surface area contributed by atoms with Crippen molar-refractivity contribution in [2.24, 2.45) is 4.99 Å². The Hall–Kier alpha value is -0.380. The molecule has 0 aromatic heterocycles. The Bertz CT molecular complexity index is 632. The summed E-state index contributed by atoms with van der Waals surface area (Å²) in [4.78, 5) is 6.90. The van der Waals surface area contributed by atoms with Crippen LogP contribution in [0, 0.1) is 0 Å². The number of hydrogen-bond donors (Lipinski definition) is 1. The standard InChI is InChI=1S/C21H32BrN3O2.HI/c1-23-20(25-12-8-17(9-13-25)27-15-5-14-26-2)24-16-21(10-11-21)18-6-3-4-7-19(18)22;/h3-4,6-7,17H,5,8-16H2,1-2H3,(H,23,24);1H. The lowest BCUT2D eigenvalue weighted by atomic mass is 9.96. The van der Waals surface area contributed by atoms with Crippen LogP contribution in [0.4, 0.5) is 0 Å². The molecule has 2 aliphatic rings. The third-order valence-electron chi connectivity index (χ3n) is 5.68. The van der Waals surface area contributed by atoms with Gasteiger partial charge in [-0.2, -0.15) is 0 Å². The van der Waals surface area contributed by atoms with Gasteiger partial charge >= 0.3 is 0 Å². The highest BCUT2D eigenvalue weighted by atomic mass is 127. The predicted molar refractivity (Wildman–Crippen MR) is 129 cm³/mol. The predicted octanol–water partition coefficient (Wildman–Crippen LogP) is 4.19. The lowest BCUT2D eigenvalue weighted by Gasteiger charge is -2.34. The number of guanidine groups is 1. The van der Waals surface area contributed by atoms with Crippen molar-refractivity contribution in [1.29, 1.82) is 0 Å². The van der Waals surface area contributed by atoms with E-state index in [1.807, 2.05) is 7.05 Å². The molecule has 3 rings (SSSR count). The van der Waals surface area contributed by atoms with Crippen molar-refractivity contribution < 1.29 is 9.47 Å². The largest absolute Gasteiger partial charge is 0.385 e. The Morgan fingerprint density at radius 3 is 2.57 bits per heavy atom. The van der Waals surface area contributed by atoms with Crippen molar-refractivity contribution in [2.75, 3.05) is 47.0 Å². The molecule has 0 amide bonds. The monoisotopic (exact) mass is 565 g/mol. The molecule has 5 nitrogen and oxygen atoms in total. The summed E-state index contributed by atoms with van der Waals surface area (Å²) < 4.78 is 12.3. The maximum Gasteiger partial charge on any atom is 0.193 e. The first kappa shape index (κ1) is 23.9. The number of ether oxygens (including phenoxy) is 2. The van der Waals surface area contributed by atoms with Gasteiger partial charge in [0.2, 0.25) is 0 Å². The number of rotatable bonds is 8. The van der Waals surface area contributed by atoms with Crippen molar-refractivity contribution in [3.8, 4) is 0 Å². The molecule has 0 spiro atoms. The Labute approximate surface area is 194 Å². The van der Waals surface area contributed by atoms with Gasteiger partial charge < -0.3 is 19.7 Å². The summed E-state index contributed by atoms with van der Waals surface area (Å²) in [6.45, 7) is 4.50. The Morgan fingerprint density at radius 1 is 1.25 bits per heavy atom. The normalized spacial score (nSPS) is 19.2. The van der Waals surface area contributed by atoms with E-state index in [1.54, 1.807) is 7.11 Å². The summed E-state index contributed by atoms with van der Waals surface area (Å²) in [5, 5.41) is 3.64. The van der Waals surface area contributed by atoms with Gasteiger partial charge in [0.25, 0.3) is 0 Å². The lowest BCUT2D eigenvalue weighted by Crippen LogP contribution is -2.48.